The minimum absolute atomic E-state index is 0.391. The van der Waals surface area contributed by atoms with Crippen LogP contribution in [-0.4, -0.2) is 36.6 Å². The summed E-state index contributed by atoms with van der Waals surface area (Å²) in [4.78, 5) is 0. The maximum absolute atomic E-state index is 6.44. The summed E-state index contributed by atoms with van der Waals surface area (Å²) in [6.07, 6.45) is 0. The van der Waals surface area contributed by atoms with Crippen molar-refractivity contribution in [3.63, 3.8) is 0 Å². The average Bonchev–Trinajstić information content (AvgIpc) is 3.61. The second kappa shape index (κ2) is 9.08. The van der Waals surface area contributed by atoms with E-state index in [1.165, 1.54) is 55.7 Å². The lowest BCUT2D eigenvalue weighted by atomic mass is 9.77. The average molecular weight is 580 g/mol. The van der Waals surface area contributed by atoms with Crippen molar-refractivity contribution in [1.29, 1.82) is 0 Å². The highest BCUT2D eigenvalue weighted by molar-refractivity contribution is 6.62. The third-order valence-electron chi connectivity index (χ3n) is 10.9. The molecule has 0 aromatic heterocycles. The zero-order valence-electron chi connectivity index (χ0n) is 26.9. The van der Waals surface area contributed by atoms with Crippen molar-refractivity contribution in [2.75, 3.05) is 0 Å². The summed E-state index contributed by atoms with van der Waals surface area (Å²) in [5.41, 5.74) is 12.9. The van der Waals surface area contributed by atoms with E-state index in [-0.39, 0.29) is 0 Å². The Morgan fingerprint density at radius 2 is 0.659 bits per heavy atom. The van der Waals surface area contributed by atoms with Gasteiger partial charge < -0.3 is 18.6 Å². The Morgan fingerprint density at radius 3 is 1.00 bits per heavy atom. The van der Waals surface area contributed by atoms with Crippen LogP contribution >= 0.6 is 0 Å². The van der Waals surface area contributed by atoms with Gasteiger partial charge in [0.1, 0.15) is 0 Å². The van der Waals surface area contributed by atoms with Crippen LogP contribution in [0.4, 0.5) is 0 Å². The number of hydrogen-bond donors (Lipinski definition) is 0. The molecular formula is C38H38B2O4. The minimum Gasteiger partial charge on any atom is -0.399 e. The lowest BCUT2D eigenvalue weighted by molar-refractivity contribution is 0.00578. The molecule has 2 aliphatic carbocycles. The summed E-state index contributed by atoms with van der Waals surface area (Å²) in [6.45, 7) is 16.8. The molecule has 0 unspecified atom stereocenters. The highest BCUT2D eigenvalue weighted by Crippen LogP contribution is 2.54. The van der Waals surface area contributed by atoms with E-state index >= 15 is 0 Å². The van der Waals surface area contributed by atoms with E-state index in [1.54, 1.807) is 0 Å². The molecule has 2 saturated heterocycles. The van der Waals surface area contributed by atoms with E-state index in [0.29, 0.717) is 0 Å². The maximum Gasteiger partial charge on any atom is 0.494 e. The van der Waals surface area contributed by atoms with Gasteiger partial charge in [-0.15, -0.1) is 0 Å². The molecule has 44 heavy (non-hydrogen) atoms. The minimum atomic E-state index is -0.407. The van der Waals surface area contributed by atoms with E-state index in [4.69, 9.17) is 18.6 Å². The maximum atomic E-state index is 6.44. The quantitative estimate of drug-likeness (QED) is 0.202. The van der Waals surface area contributed by atoms with Gasteiger partial charge in [-0.1, -0.05) is 84.9 Å². The molecule has 0 atom stereocenters. The topological polar surface area (TPSA) is 36.9 Å². The normalized spacial score (nSPS) is 23.0. The van der Waals surface area contributed by atoms with E-state index in [9.17, 15) is 0 Å². The van der Waals surface area contributed by atoms with Gasteiger partial charge in [-0.05, 0) is 122 Å². The van der Waals surface area contributed by atoms with Gasteiger partial charge in [0.05, 0.1) is 22.4 Å². The van der Waals surface area contributed by atoms with E-state index in [0.717, 1.165) is 10.9 Å². The number of fused-ring (bicyclic) bond motifs is 6. The predicted octanol–water partition coefficient (Wildman–Crippen LogP) is 7.25. The third-order valence-corrected chi connectivity index (χ3v) is 10.9. The Labute approximate surface area is 261 Å². The van der Waals surface area contributed by atoms with Crippen molar-refractivity contribution in [1.82, 2.24) is 0 Å². The summed E-state index contributed by atoms with van der Waals surface area (Å²) in [5.74, 6) is 0. The van der Waals surface area contributed by atoms with Crippen molar-refractivity contribution in [3.05, 3.63) is 107 Å². The molecule has 0 amide bonds. The molecule has 0 bridgehead atoms. The molecule has 4 aromatic carbocycles. The van der Waals surface area contributed by atoms with Crippen LogP contribution in [0.15, 0.2) is 84.9 Å². The summed E-state index contributed by atoms with van der Waals surface area (Å²) in [6, 6.07) is 30.9. The van der Waals surface area contributed by atoms with Gasteiger partial charge in [0.2, 0.25) is 0 Å². The second-order valence-electron chi connectivity index (χ2n) is 14.6. The van der Waals surface area contributed by atoms with Crippen LogP contribution in [0.25, 0.3) is 33.4 Å². The van der Waals surface area contributed by atoms with Crippen molar-refractivity contribution in [2.24, 2.45) is 0 Å². The predicted molar refractivity (Wildman–Crippen MR) is 180 cm³/mol. The van der Waals surface area contributed by atoms with Crippen LogP contribution in [0.1, 0.15) is 77.6 Å². The standard InChI is InChI=1S/C38H38B2O4/c1-35(2)36(3,4)42-39(41-35)23-17-19-29-31(21-23)25-13-9-11-15-27(25)33(29)34-28-16-12-10-14-26(28)32-22-24(18-20-30(32)34)40-43-37(5,6)38(7,8)44-40/h9-22H,1-8H3/b34-33+. The molecule has 4 aromatic rings. The Bertz CT molecular complexity index is 1730. The van der Waals surface area contributed by atoms with E-state index < -0.39 is 36.6 Å². The van der Waals surface area contributed by atoms with Gasteiger partial charge in [0.25, 0.3) is 0 Å². The van der Waals surface area contributed by atoms with Gasteiger partial charge in [-0.3, -0.25) is 0 Å². The molecule has 0 N–H and O–H groups in total. The fourth-order valence-electron chi connectivity index (χ4n) is 6.96. The molecule has 0 spiro atoms. The first kappa shape index (κ1) is 28.1. The van der Waals surface area contributed by atoms with Crippen molar-refractivity contribution >= 4 is 36.3 Å². The molecule has 6 heteroatoms. The first-order valence-corrected chi connectivity index (χ1v) is 15.7. The first-order chi connectivity index (χ1) is 20.8. The molecule has 220 valence electrons. The van der Waals surface area contributed by atoms with Gasteiger partial charge in [0, 0.05) is 0 Å². The monoisotopic (exact) mass is 580 g/mol. The van der Waals surface area contributed by atoms with Crippen LogP contribution in [0.2, 0.25) is 0 Å². The fraction of sp³-hybridized carbons (Fsp3) is 0.316. The van der Waals surface area contributed by atoms with Crippen LogP contribution in [0, 0.1) is 0 Å². The molecule has 8 rings (SSSR count). The molecule has 4 aliphatic rings. The Balaban J connectivity index is 1.29. The SMILES string of the molecule is CC1(C)OB(c2ccc3c(c2)-c2ccccc2/C3=C2/c3ccccc3-c3cc(B4OC(C)(C)C(C)(C)O4)ccc32)OC1(C)C. The van der Waals surface area contributed by atoms with Crippen LogP contribution in [0.5, 0.6) is 0 Å². The Morgan fingerprint density at radius 1 is 0.364 bits per heavy atom. The zero-order chi connectivity index (χ0) is 30.8. The summed E-state index contributed by atoms with van der Waals surface area (Å²) in [7, 11) is -0.814. The van der Waals surface area contributed by atoms with Crippen molar-refractivity contribution in [2.45, 2.75) is 77.8 Å². The zero-order valence-corrected chi connectivity index (χ0v) is 26.9. The molecule has 0 radical (unpaired) electrons. The Hall–Kier alpha value is -3.41. The number of rotatable bonds is 2. The lowest BCUT2D eigenvalue weighted by Crippen LogP contribution is -2.41. The van der Waals surface area contributed by atoms with Gasteiger partial charge in [0.15, 0.2) is 0 Å². The fourth-order valence-corrected chi connectivity index (χ4v) is 6.96. The smallest absolute Gasteiger partial charge is 0.399 e. The van der Waals surface area contributed by atoms with E-state index in [2.05, 4.69) is 140 Å². The molecule has 2 aliphatic heterocycles. The molecular weight excluding hydrogens is 542 g/mol. The summed E-state index contributed by atoms with van der Waals surface area (Å²) in [5, 5.41) is 0. The third kappa shape index (κ3) is 3.88. The molecule has 0 saturated carbocycles. The van der Waals surface area contributed by atoms with Gasteiger partial charge in [-0.25, -0.2) is 0 Å². The van der Waals surface area contributed by atoms with Gasteiger partial charge in [-0.2, -0.15) is 0 Å². The van der Waals surface area contributed by atoms with Crippen molar-refractivity contribution in [3.8, 4) is 22.3 Å². The molecule has 4 nitrogen and oxygen atoms in total. The summed E-state index contributed by atoms with van der Waals surface area (Å²) >= 11 is 0. The highest BCUT2D eigenvalue weighted by atomic mass is 16.7. The van der Waals surface area contributed by atoms with Crippen LogP contribution in [0.3, 0.4) is 0 Å². The largest absolute Gasteiger partial charge is 0.494 e. The molecule has 2 fully saturated rings. The van der Waals surface area contributed by atoms with Crippen LogP contribution < -0.4 is 10.9 Å². The molecule has 2 heterocycles. The highest BCUT2D eigenvalue weighted by Gasteiger charge is 2.53. The first-order valence-electron chi connectivity index (χ1n) is 15.7. The van der Waals surface area contributed by atoms with E-state index in [1.807, 2.05) is 0 Å². The number of hydrogen-bond acceptors (Lipinski definition) is 4. The number of benzene rings is 4. The van der Waals surface area contributed by atoms with Crippen molar-refractivity contribution < 1.29 is 18.6 Å². The van der Waals surface area contributed by atoms with Gasteiger partial charge >= 0.3 is 14.2 Å². The second-order valence-corrected chi connectivity index (χ2v) is 14.6. The lowest BCUT2D eigenvalue weighted by Gasteiger charge is -2.32. The Kier molecular flexibility index (Phi) is 5.80. The van der Waals surface area contributed by atoms with Crippen LogP contribution in [-0.2, 0) is 18.6 Å². The summed E-state index contributed by atoms with van der Waals surface area (Å²) < 4.78 is 25.8.